The topological polar surface area (TPSA) is 38.4 Å². The number of nitrogens with two attached hydrogens (primary N) is 1. The lowest BCUT2D eigenvalue weighted by molar-refractivity contribution is 1.40. The van der Waals surface area contributed by atoms with Crippen LogP contribution in [0.3, 0.4) is 0 Å². The summed E-state index contributed by atoms with van der Waals surface area (Å²) >= 11 is 0.977. The van der Waals surface area contributed by atoms with E-state index in [1.54, 1.807) is 0 Å². The molecule has 0 saturated heterocycles. The van der Waals surface area contributed by atoms with Crippen molar-refractivity contribution in [1.29, 1.82) is 0 Å². The van der Waals surface area contributed by atoms with Gasteiger partial charge in [-0.1, -0.05) is 18.7 Å². The van der Waals surface area contributed by atoms with Crippen molar-refractivity contribution in [1.82, 2.24) is 0 Å². The fraction of sp³-hybridized carbons (Fsp3) is 0.222. The maximum Gasteiger partial charge on any atom is 0.0826 e. The highest BCUT2D eigenvalue weighted by atomic mass is 32.2. The molecular formula is C9H12N2S. The highest BCUT2D eigenvalue weighted by Crippen LogP contribution is 2.21. The van der Waals surface area contributed by atoms with Gasteiger partial charge in [0.15, 0.2) is 0 Å². The van der Waals surface area contributed by atoms with Crippen molar-refractivity contribution < 1.29 is 0 Å². The smallest absolute Gasteiger partial charge is 0.0826 e. The summed E-state index contributed by atoms with van der Waals surface area (Å²) in [4.78, 5) is 0. The van der Waals surface area contributed by atoms with Gasteiger partial charge in [-0.15, -0.1) is 0 Å². The van der Waals surface area contributed by atoms with Crippen LogP contribution >= 0.6 is 12.1 Å². The largest absolute Gasteiger partial charge is 0.258 e. The van der Waals surface area contributed by atoms with Crippen molar-refractivity contribution in [3.8, 4) is 0 Å². The lowest BCUT2D eigenvalue weighted by atomic mass is 9.94. The van der Waals surface area contributed by atoms with Gasteiger partial charge in [0.1, 0.15) is 0 Å². The summed E-state index contributed by atoms with van der Waals surface area (Å²) in [5.74, 6) is 0. The van der Waals surface area contributed by atoms with E-state index in [9.17, 15) is 0 Å². The molecule has 0 aromatic heterocycles. The first-order chi connectivity index (χ1) is 5.66. The van der Waals surface area contributed by atoms with Gasteiger partial charge in [0, 0.05) is 0 Å². The van der Waals surface area contributed by atoms with E-state index in [2.05, 4.69) is 11.0 Å². The second-order valence-corrected chi connectivity index (χ2v) is 3.12. The summed E-state index contributed by atoms with van der Waals surface area (Å²) in [5.41, 5.74) is 4.13. The summed E-state index contributed by atoms with van der Waals surface area (Å²) in [6.45, 7) is 7.96. The predicted molar refractivity (Wildman–Crippen MR) is 55.9 cm³/mol. The minimum absolute atomic E-state index is 0.905. The molecule has 1 rings (SSSR count). The van der Waals surface area contributed by atoms with Crippen LogP contribution in [0.25, 0.3) is 0 Å². The molecule has 64 valence electrons. The van der Waals surface area contributed by atoms with Crippen molar-refractivity contribution >= 4 is 17.8 Å². The number of allylic oxidation sites excluding steroid dienone is 5. The quantitative estimate of drug-likeness (QED) is 0.629. The van der Waals surface area contributed by atoms with Crippen LogP contribution in [0.15, 0.2) is 39.8 Å². The molecule has 3 heteroatoms. The average Bonchev–Trinajstić information content (AvgIpc) is 2.06. The van der Waals surface area contributed by atoms with Crippen molar-refractivity contribution in [3.05, 3.63) is 35.5 Å². The fourth-order valence-corrected chi connectivity index (χ4v) is 1.39. The van der Waals surface area contributed by atoms with Gasteiger partial charge >= 0.3 is 0 Å². The van der Waals surface area contributed by atoms with Gasteiger partial charge in [-0.2, -0.15) is 4.40 Å². The second kappa shape index (κ2) is 3.74. The van der Waals surface area contributed by atoms with Crippen molar-refractivity contribution in [3.63, 3.8) is 0 Å². The number of hydrogen-bond acceptors (Lipinski definition) is 3. The highest BCUT2D eigenvalue weighted by molar-refractivity contribution is 7.95. The molecule has 0 saturated carbocycles. The number of hydrogen-bond donors (Lipinski definition) is 1. The molecule has 0 atom stereocenters. The lowest BCUT2D eigenvalue weighted by Gasteiger charge is -2.13. The summed E-state index contributed by atoms with van der Waals surface area (Å²) in [6, 6.07) is 0. The van der Waals surface area contributed by atoms with Crippen LogP contribution in [-0.4, -0.2) is 5.71 Å². The Hall–Kier alpha value is -0.800. The highest BCUT2D eigenvalue weighted by Gasteiger charge is 2.11. The van der Waals surface area contributed by atoms with Gasteiger partial charge in [-0.3, -0.25) is 5.14 Å². The molecular weight excluding hydrogens is 168 g/mol. The van der Waals surface area contributed by atoms with Crippen LogP contribution in [-0.2, 0) is 0 Å². The maximum atomic E-state index is 5.27. The molecule has 0 aliphatic heterocycles. The Labute approximate surface area is 77.2 Å². The molecule has 0 bridgehead atoms. The normalized spacial score (nSPS) is 20.9. The molecule has 0 aromatic rings. The summed E-state index contributed by atoms with van der Waals surface area (Å²) < 4.78 is 4.10. The number of nitrogens with zero attached hydrogens (tertiary/aromatic N) is 1. The molecule has 0 radical (unpaired) electrons. The van der Waals surface area contributed by atoms with Gasteiger partial charge in [0.2, 0.25) is 0 Å². The van der Waals surface area contributed by atoms with E-state index >= 15 is 0 Å². The molecule has 12 heavy (non-hydrogen) atoms. The molecule has 0 heterocycles. The summed E-state index contributed by atoms with van der Waals surface area (Å²) in [6.07, 6.45) is 4.07. The fourth-order valence-electron chi connectivity index (χ4n) is 1.03. The van der Waals surface area contributed by atoms with Crippen LogP contribution in [0.2, 0.25) is 0 Å². The first-order valence-electron chi connectivity index (χ1n) is 3.66. The van der Waals surface area contributed by atoms with Gasteiger partial charge in [0.05, 0.1) is 17.8 Å². The van der Waals surface area contributed by atoms with E-state index in [1.165, 1.54) is 0 Å². The molecule has 2 nitrogen and oxygen atoms in total. The first-order valence-corrected chi connectivity index (χ1v) is 4.49. The third-order valence-corrected chi connectivity index (χ3v) is 2.15. The number of rotatable bonds is 1. The molecule has 0 fully saturated rings. The summed E-state index contributed by atoms with van der Waals surface area (Å²) in [7, 11) is 0. The zero-order valence-electron chi connectivity index (χ0n) is 7.29. The summed E-state index contributed by atoms with van der Waals surface area (Å²) in [5, 5.41) is 5.27. The van der Waals surface area contributed by atoms with Crippen molar-refractivity contribution in [2.45, 2.75) is 13.8 Å². The van der Waals surface area contributed by atoms with E-state index in [4.69, 9.17) is 5.14 Å². The third kappa shape index (κ3) is 1.68. The van der Waals surface area contributed by atoms with E-state index in [1.807, 2.05) is 26.0 Å². The first kappa shape index (κ1) is 9.29. The van der Waals surface area contributed by atoms with Gasteiger partial charge in [-0.25, -0.2) is 0 Å². The van der Waals surface area contributed by atoms with Gasteiger partial charge in [-0.05, 0) is 30.6 Å². The lowest BCUT2D eigenvalue weighted by Crippen LogP contribution is -2.08. The molecule has 0 aromatic carbocycles. The van der Waals surface area contributed by atoms with Gasteiger partial charge < -0.3 is 0 Å². The minimum atomic E-state index is 0.905. The Morgan fingerprint density at radius 3 is 2.50 bits per heavy atom. The molecule has 1 aliphatic carbocycles. The average molecular weight is 180 g/mol. The second-order valence-electron chi connectivity index (χ2n) is 2.72. The van der Waals surface area contributed by atoms with Crippen LogP contribution in [0.1, 0.15) is 13.8 Å². The monoisotopic (exact) mass is 180 g/mol. The Bertz CT molecular complexity index is 294. The van der Waals surface area contributed by atoms with Crippen LogP contribution in [0.4, 0.5) is 0 Å². The van der Waals surface area contributed by atoms with Crippen LogP contribution < -0.4 is 5.14 Å². The zero-order valence-corrected chi connectivity index (χ0v) is 8.11. The Morgan fingerprint density at radius 2 is 1.92 bits per heavy atom. The van der Waals surface area contributed by atoms with E-state index in [0.717, 1.165) is 34.6 Å². The van der Waals surface area contributed by atoms with E-state index in [-0.39, 0.29) is 0 Å². The molecule has 0 unspecified atom stereocenters. The SMILES string of the molecule is C=C1C(C)=CC=C(C)/C1=N/SN. The molecule has 0 spiro atoms. The molecule has 1 aliphatic rings. The van der Waals surface area contributed by atoms with Crippen molar-refractivity contribution in [2.24, 2.45) is 9.54 Å². The molecule has 0 amide bonds. The third-order valence-electron chi connectivity index (χ3n) is 1.86. The standard InChI is InChI=1S/C9H12N2S/c1-6-4-5-7(2)9(8(6)3)11-12-10/h4-5H,3,10H2,1-2H3/b11-9-. The van der Waals surface area contributed by atoms with E-state index < -0.39 is 0 Å². The Kier molecular flexibility index (Phi) is 2.89. The zero-order chi connectivity index (χ0) is 9.14. The maximum absolute atomic E-state index is 5.27. The Morgan fingerprint density at radius 1 is 1.33 bits per heavy atom. The minimum Gasteiger partial charge on any atom is -0.258 e. The van der Waals surface area contributed by atoms with E-state index in [0.29, 0.717) is 0 Å². The van der Waals surface area contributed by atoms with Crippen molar-refractivity contribution in [2.75, 3.05) is 0 Å². The van der Waals surface area contributed by atoms with Crippen LogP contribution in [0.5, 0.6) is 0 Å². The molecule has 2 N–H and O–H groups in total. The van der Waals surface area contributed by atoms with Gasteiger partial charge in [0.25, 0.3) is 0 Å². The predicted octanol–water partition coefficient (Wildman–Crippen LogP) is 2.41. The van der Waals surface area contributed by atoms with Crippen LogP contribution in [0, 0.1) is 0 Å². The Balaban J connectivity index is 3.06.